The average Bonchev–Trinajstić information content (AvgIpc) is 2.27. The molecule has 2 aromatic rings. The van der Waals surface area contributed by atoms with Gasteiger partial charge in [0.25, 0.3) is 0 Å². The smallest absolute Gasteiger partial charge is 0.0912 e. The Morgan fingerprint density at radius 1 is 1.13 bits per heavy atom. The number of aliphatic hydroxyl groups is 1. The zero-order chi connectivity index (χ0) is 10.8. The fourth-order valence-corrected chi connectivity index (χ4v) is 1.96. The van der Waals surface area contributed by atoms with Crippen LogP contribution < -0.4 is 5.73 Å². The standard InChI is InChI=1S/C12H12BrNO/c13-11-4-3-8-5-10(12(15)7-14)2-1-9(8)6-11/h1-6,12,15H,7,14H2/t12-/m0/s1. The summed E-state index contributed by atoms with van der Waals surface area (Å²) in [6, 6.07) is 11.9. The summed E-state index contributed by atoms with van der Waals surface area (Å²) in [4.78, 5) is 0. The third kappa shape index (κ3) is 2.20. The molecule has 0 fully saturated rings. The van der Waals surface area contributed by atoms with Crippen molar-refractivity contribution < 1.29 is 5.11 Å². The fraction of sp³-hybridized carbons (Fsp3) is 0.167. The molecule has 0 radical (unpaired) electrons. The molecule has 0 aliphatic heterocycles. The first-order valence-electron chi connectivity index (χ1n) is 4.78. The van der Waals surface area contributed by atoms with Crippen molar-refractivity contribution in [1.29, 1.82) is 0 Å². The van der Waals surface area contributed by atoms with Crippen LogP contribution in [0.1, 0.15) is 11.7 Å². The first kappa shape index (κ1) is 10.6. The summed E-state index contributed by atoms with van der Waals surface area (Å²) >= 11 is 3.42. The van der Waals surface area contributed by atoms with Gasteiger partial charge in [0.1, 0.15) is 0 Å². The second-order valence-electron chi connectivity index (χ2n) is 3.50. The number of benzene rings is 2. The largest absolute Gasteiger partial charge is 0.387 e. The van der Waals surface area contributed by atoms with Gasteiger partial charge in [-0.25, -0.2) is 0 Å². The highest BCUT2D eigenvalue weighted by molar-refractivity contribution is 9.10. The van der Waals surface area contributed by atoms with Crippen LogP contribution in [-0.4, -0.2) is 11.7 Å². The molecule has 0 unspecified atom stereocenters. The first-order valence-corrected chi connectivity index (χ1v) is 5.57. The van der Waals surface area contributed by atoms with Gasteiger partial charge in [-0.2, -0.15) is 0 Å². The zero-order valence-electron chi connectivity index (χ0n) is 8.15. The average molecular weight is 266 g/mol. The van der Waals surface area contributed by atoms with Gasteiger partial charge in [-0.15, -0.1) is 0 Å². The van der Waals surface area contributed by atoms with Gasteiger partial charge in [0.05, 0.1) is 6.10 Å². The number of fused-ring (bicyclic) bond motifs is 1. The van der Waals surface area contributed by atoms with Crippen LogP contribution >= 0.6 is 15.9 Å². The summed E-state index contributed by atoms with van der Waals surface area (Å²) in [5, 5.41) is 11.9. The van der Waals surface area contributed by atoms with E-state index in [2.05, 4.69) is 15.9 Å². The number of hydrogen-bond donors (Lipinski definition) is 2. The molecule has 0 heterocycles. The minimum atomic E-state index is -0.571. The van der Waals surface area contributed by atoms with Crippen LogP contribution in [0.4, 0.5) is 0 Å². The van der Waals surface area contributed by atoms with Gasteiger partial charge in [-0.3, -0.25) is 0 Å². The van der Waals surface area contributed by atoms with Crippen LogP contribution in [0.15, 0.2) is 40.9 Å². The minimum absolute atomic E-state index is 0.252. The van der Waals surface area contributed by atoms with E-state index in [1.165, 1.54) is 0 Å². The summed E-state index contributed by atoms with van der Waals surface area (Å²) in [7, 11) is 0. The van der Waals surface area contributed by atoms with Gasteiger partial charge in [0, 0.05) is 11.0 Å². The predicted molar refractivity (Wildman–Crippen MR) is 65.7 cm³/mol. The van der Waals surface area contributed by atoms with Crippen molar-refractivity contribution in [3.05, 3.63) is 46.4 Å². The molecule has 0 aromatic heterocycles. The lowest BCUT2D eigenvalue weighted by Gasteiger charge is -2.09. The molecular weight excluding hydrogens is 254 g/mol. The van der Waals surface area contributed by atoms with E-state index in [1.54, 1.807) is 0 Å². The van der Waals surface area contributed by atoms with Crippen LogP contribution in [0, 0.1) is 0 Å². The number of rotatable bonds is 2. The summed E-state index contributed by atoms with van der Waals surface area (Å²) in [5.74, 6) is 0. The normalized spacial score (nSPS) is 13.0. The lowest BCUT2D eigenvalue weighted by Crippen LogP contribution is -2.11. The molecule has 2 aromatic carbocycles. The van der Waals surface area contributed by atoms with E-state index >= 15 is 0 Å². The molecular formula is C12H12BrNO. The molecule has 2 rings (SSSR count). The number of nitrogens with two attached hydrogens (primary N) is 1. The Morgan fingerprint density at radius 3 is 2.53 bits per heavy atom. The molecule has 0 bridgehead atoms. The molecule has 3 N–H and O–H groups in total. The second-order valence-corrected chi connectivity index (χ2v) is 4.42. The fourth-order valence-electron chi connectivity index (χ4n) is 1.58. The van der Waals surface area contributed by atoms with Crippen molar-refractivity contribution in [3.8, 4) is 0 Å². The molecule has 78 valence electrons. The SMILES string of the molecule is NC[C@H](O)c1ccc2cc(Br)ccc2c1. The second kappa shape index (κ2) is 4.31. The molecule has 15 heavy (non-hydrogen) atoms. The Labute approximate surface area is 96.8 Å². The molecule has 0 saturated carbocycles. The maximum atomic E-state index is 9.61. The Balaban J connectivity index is 2.52. The van der Waals surface area contributed by atoms with E-state index in [0.717, 1.165) is 20.8 Å². The number of aliphatic hydroxyl groups excluding tert-OH is 1. The van der Waals surface area contributed by atoms with E-state index in [9.17, 15) is 5.11 Å². The molecule has 0 aliphatic carbocycles. The van der Waals surface area contributed by atoms with Gasteiger partial charge in [0.15, 0.2) is 0 Å². The monoisotopic (exact) mass is 265 g/mol. The zero-order valence-corrected chi connectivity index (χ0v) is 9.74. The van der Waals surface area contributed by atoms with Crippen LogP contribution in [0.25, 0.3) is 10.8 Å². The van der Waals surface area contributed by atoms with E-state index in [0.29, 0.717) is 0 Å². The van der Waals surface area contributed by atoms with Crippen LogP contribution in [0.3, 0.4) is 0 Å². The van der Waals surface area contributed by atoms with Gasteiger partial charge in [-0.1, -0.05) is 34.1 Å². The Kier molecular flexibility index (Phi) is 3.05. The Bertz CT molecular complexity index is 484. The molecule has 0 saturated heterocycles. The van der Waals surface area contributed by atoms with Crippen molar-refractivity contribution in [2.45, 2.75) is 6.10 Å². The van der Waals surface area contributed by atoms with Crippen molar-refractivity contribution in [2.75, 3.05) is 6.54 Å². The highest BCUT2D eigenvalue weighted by atomic mass is 79.9. The van der Waals surface area contributed by atoms with Crippen LogP contribution in [0.5, 0.6) is 0 Å². The lowest BCUT2D eigenvalue weighted by molar-refractivity contribution is 0.187. The van der Waals surface area contributed by atoms with Gasteiger partial charge < -0.3 is 10.8 Å². The quantitative estimate of drug-likeness (QED) is 0.877. The van der Waals surface area contributed by atoms with E-state index in [4.69, 9.17) is 5.73 Å². The molecule has 0 aliphatic rings. The minimum Gasteiger partial charge on any atom is -0.387 e. The first-order chi connectivity index (χ1) is 7.20. The van der Waals surface area contributed by atoms with E-state index < -0.39 is 6.10 Å². The number of hydrogen-bond acceptors (Lipinski definition) is 2. The maximum absolute atomic E-state index is 9.61. The summed E-state index contributed by atoms with van der Waals surface area (Å²) in [5.41, 5.74) is 6.28. The summed E-state index contributed by atoms with van der Waals surface area (Å²) in [6.07, 6.45) is -0.571. The molecule has 2 nitrogen and oxygen atoms in total. The third-order valence-corrected chi connectivity index (χ3v) is 2.93. The van der Waals surface area contributed by atoms with Gasteiger partial charge >= 0.3 is 0 Å². The van der Waals surface area contributed by atoms with Crippen molar-refractivity contribution in [3.63, 3.8) is 0 Å². The van der Waals surface area contributed by atoms with Gasteiger partial charge in [0.2, 0.25) is 0 Å². The van der Waals surface area contributed by atoms with Crippen molar-refractivity contribution >= 4 is 26.7 Å². The molecule has 0 amide bonds. The lowest BCUT2D eigenvalue weighted by atomic mass is 10.0. The van der Waals surface area contributed by atoms with E-state index in [-0.39, 0.29) is 6.54 Å². The van der Waals surface area contributed by atoms with Crippen LogP contribution in [0.2, 0.25) is 0 Å². The molecule has 3 heteroatoms. The topological polar surface area (TPSA) is 46.2 Å². The van der Waals surface area contributed by atoms with Crippen molar-refractivity contribution in [1.82, 2.24) is 0 Å². The van der Waals surface area contributed by atoms with Crippen molar-refractivity contribution in [2.24, 2.45) is 5.73 Å². The Hall–Kier alpha value is -0.900. The number of halogens is 1. The predicted octanol–water partition coefficient (Wildman–Crippen LogP) is 2.59. The van der Waals surface area contributed by atoms with E-state index in [1.807, 2.05) is 36.4 Å². The Morgan fingerprint density at radius 2 is 1.80 bits per heavy atom. The molecule has 0 spiro atoms. The molecule has 1 atom stereocenters. The van der Waals surface area contributed by atoms with Crippen LogP contribution in [-0.2, 0) is 0 Å². The summed E-state index contributed by atoms with van der Waals surface area (Å²) < 4.78 is 1.06. The third-order valence-electron chi connectivity index (χ3n) is 2.43. The maximum Gasteiger partial charge on any atom is 0.0912 e. The summed E-state index contributed by atoms with van der Waals surface area (Å²) in [6.45, 7) is 0.252. The highest BCUT2D eigenvalue weighted by Crippen LogP contribution is 2.23. The highest BCUT2D eigenvalue weighted by Gasteiger charge is 2.05. The van der Waals surface area contributed by atoms with Gasteiger partial charge in [-0.05, 0) is 34.5 Å².